The van der Waals surface area contributed by atoms with Gasteiger partial charge >= 0.3 is 6.03 Å². The van der Waals surface area contributed by atoms with Crippen molar-refractivity contribution in [2.75, 3.05) is 11.9 Å². The lowest BCUT2D eigenvalue weighted by molar-refractivity contribution is -0.00356. The smallest absolute Gasteiger partial charge is 0.319 e. The lowest BCUT2D eigenvalue weighted by Gasteiger charge is -2.34. The van der Waals surface area contributed by atoms with Gasteiger partial charge < -0.3 is 15.7 Å². The Balaban J connectivity index is 1.80. The zero-order valence-corrected chi connectivity index (χ0v) is 11.7. The van der Waals surface area contributed by atoms with Crippen LogP contribution in [0.5, 0.6) is 0 Å². The van der Waals surface area contributed by atoms with Crippen LogP contribution in [0.3, 0.4) is 0 Å². The fraction of sp³-hybridized carbons (Fsp3) is 0.533. The topological polar surface area (TPSA) is 61.4 Å². The highest BCUT2D eigenvalue weighted by Gasteiger charge is 2.31. The largest absolute Gasteiger partial charge is 0.388 e. The highest BCUT2D eigenvalue weighted by atomic mass is 19.1. The zero-order valence-electron chi connectivity index (χ0n) is 11.7. The molecule has 0 saturated heterocycles. The van der Waals surface area contributed by atoms with E-state index < -0.39 is 17.4 Å². The summed E-state index contributed by atoms with van der Waals surface area (Å²) in [6.45, 7) is 2.39. The Morgan fingerprint density at radius 2 is 2.15 bits per heavy atom. The summed E-state index contributed by atoms with van der Waals surface area (Å²) >= 11 is 0. The van der Waals surface area contributed by atoms with E-state index >= 15 is 0 Å². The number of anilines is 1. The fourth-order valence-electron chi connectivity index (χ4n) is 2.46. The van der Waals surface area contributed by atoms with Crippen molar-refractivity contribution >= 4 is 11.7 Å². The maximum Gasteiger partial charge on any atom is 0.319 e. The lowest BCUT2D eigenvalue weighted by atomic mass is 9.79. The van der Waals surface area contributed by atoms with Crippen molar-refractivity contribution in [1.29, 1.82) is 0 Å². The van der Waals surface area contributed by atoms with E-state index in [-0.39, 0.29) is 6.54 Å². The van der Waals surface area contributed by atoms with Crippen molar-refractivity contribution < 1.29 is 14.3 Å². The van der Waals surface area contributed by atoms with Gasteiger partial charge in [-0.15, -0.1) is 0 Å². The molecule has 0 bridgehead atoms. The van der Waals surface area contributed by atoms with E-state index in [2.05, 4.69) is 17.6 Å². The standard InChI is InChI=1S/C15H21FN2O2/c1-11-5-7-15(20,8-6-11)10-17-14(19)18-13-4-2-3-12(16)9-13/h2-4,9,11,20H,5-8,10H2,1H3,(H2,17,18,19). The van der Waals surface area contributed by atoms with Gasteiger partial charge in [-0.25, -0.2) is 9.18 Å². The maximum absolute atomic E-state index is 13.0. The number of amides is 2. The SMILES string of the molecule is CC1CCC(O)(CNC(=O)Nc2cccc(F)c2)CC1. The molecule has 0 spiro atoms. The molecule has 0 heterocycles. The number of nitrogens with one attached hydrogen (secondary N) is 2. The minimum atomic E-state index is -0.814. The van der Waals surface area contributed by atoms with E-state index in [1.54, 1.807) is 6.07 Å². The van der Waals surface area contributed by atoms with Crippen LogP contribution < -0.4 is 10.6 Å². The van der Waals surface area contributed by atoms with Gasteiger partial charge in [0.05, 0.1) is 5.60 Å². The first kappa shape index (κ1) is 14.8. The normalized spacial score (nSPS) is 26.1. The van der Waals surface area contributed by atoms with E-state index in [9.17, 15) is 14.3 Å². The molecule has 20 heavy (non-hydrogen) atoms. The van der Waals surface area contributed by atoms with Crippen LogP contribution in [-0.4, -0.2) is 23.3 Å². The molecule has 1 aromatic carbocycles. The summed E-state index contributed by atoms with van der Waals surface area (Å²) < 4.78 is 13.0. The Morgan fingerprint density at radius 1 is 1.45 bits per heavy atom. The van der Waals surface area contributed by atoms with Crippen molar-refractivity contribution in [3.63, 3.8) is 0 Å². The van der Waals surface area contributed by atoms with Crippen LogP contribution in [-0.2, 0) is 0 Å². The first-order valence-electron chi connectivity index (χ1n) is 7.00. The number of rotatable bonds is 3. The van der Waals surface area contributed by atoms with E-state index in [1.807, 2.05) is 0 Å². The van der Waals surface area contributed by atoms with Gasteiger partial charge in [-0.3, -0.25) is 0 Å². The first-order chi connectivity index (χ1) is 9.47. The van der Waals surface area contributed by atoms with Crippen molar-refractivity contribution in [2.24, 2.45) is 5.92 Å². The van der Waals surface area contributed by atoms with Gasteiger partial charge in [-0.1, -0.05) is 13.0 Å². The number of carbonyl (C=O) groups is 1. The molecule has 2 amide bonds. The molecular formula is C15H21FN2O2. The second kappa shape index (κ2) is 6.22. The van der Waals surface area contributed by atoms with Crippen molar-refractivity contribution in [2.45, 2.75) is 38.2 Å². The predicted octanol–water partition coefficient (Wildman–Crippen LogP) is 2.89. The second-order valence-corrected chi connectivity index (χ2v) is 5.72. The molecular weight excluding hydrogens is 259 g/mol. The average molecular weight is 280 g/mol. The van der Waals surface area contributed by atoms with Gasteiger partial charge in [0.15, 0.2) is 0 Å². The van der Waals surface area contributed by atoms with Crippen molar-refractivity contribution in [3.8, 4) is 0 Å². The number of carbonyl (C=O) groups excluding carboxylic acids is 1. The van der Waals surface area contributed by atoms with Gasteiger partial charge in [0.1, 0.15) is 5.82 Å². The van der Waals surface area contributed by atoms with Gasteiger partial charge in [-0.2, -0.15) is 0 Å². The molecule has 0 unspecified atom stereocenters. The fourth-order valence-corrected chi connectivity index (χ4v) is 2.46. The van der Waals surface area contributed by atoms with Crippen molar-refractivity contribution in [3.05, 3.63) is 30.1 Å². The molecule has 0 aromatic heterocycles. The highest BCUT2D eigenvalue weighted by molar-refractivity contribution is 5.89. The summed E-state index contributed by atoms with van der Waals surface area (Å²) in [4.78, 5) is 11.7. The summed E-state index contributed by atoms with van der Waals surface area (Å²) in [7, 11) is 0. The average Bonchev–Trinajstić information content (AvgIpc) is 2.41. The summed E-state index contributed by atoms with van der Waals surface area (Å²) in [6.07, 6.45) is 3.36. The Kier molecular flexibility index (Phi) is 4.60. The van der Waals surface area contributed by atoms with Gasteiger partial charge in [0, 0.05) is 12.2 Å². The molecule has 0 atom stereocenters. The van der Waals surface area contributed by atoms with Crippen LogP contribution in [0.4, 0.5) is 14.9 Å². The number of urea groups is 1. The third-order valence-electron chi connectivity index (χ3n) is 3.87. The Morgan fingerprint density at radius 3 is 2.80 bits per heavy atom. The predicted molar refractivity (Wildman–Crippen MR) is 76.0 cm³/mol. The molecule has 3 N–H and O–H groups in total. The number of halogens is 1. The number of benzene rings is 1. The Bertz CT molecular complexity index is 471. The van der Waals surface area contributed by atoms with E-state index in [4.69, 9.17) is 0 Å². The summed E-state index contributed by atoms with van der Waals surface area (Å²) in [6, 6.07) is 5.27. The molecule has 2 rings (SSSR count). The molecule has 0 radical (unpaired) electrons. The lowest BCUT2D eigenvalue weighted by Crippen LogP contribution is -2.46. The molecule has 5 heteroatoms. The van der Waals surface area contributed by atoms with Gasteiger partial charge in [0.25, 0.3) is 0 Å². The molecule has 1 saturated carbocycles. The number of hydrogen-bond donors (Lipinski definition) is 3. The summed E-state index contributed by atoms with van der Waals surface area (Å²) in [5.41, 5.74) is -0.419. The van der Waals surface area contributed by atoms with Gasteiger partial charge in [-0.05, 0) is 49.8 Å². The number of aliphatic hydroxyl groups is 1. The van der Waals surface area contributed by atoms with E-state index in [1.165, 1.54) is 18.2 Å². The van der Waals surface area contributed by atoms with Crippen LogP contribution in [0, 0.1) is 11.7 Å². The Labute approximate surface area is 118 Å². The minimum Gasteiger partial charge on any atom is -0.388 e. The molecule has 4 nitrogen and oxygen atoms in total. The van der Waals surface area contributed by atoms with Crippen LogP contribution in [0.25, 0.3) is 0 Å². The first-order valence-corrected chi connectivity index (χ1v) is 7.00. The van der Waals surface area contributed by atoms with Crippen LogP contribution in [0.1, 0.15) is 32.6 Å². The van der Waals surface area contributed by atoms with E-state index in [0.29, 0.717) is 24.4 Å². The molecule has 110 valence electrons. The molecule has 1 fully saturated rings. The molecule has 1 aliphatic carbocycles. The summed E-state index contributed by atoms with van der Waals surface area (Å²) in [5, 5.41) is 15.5. The van der Waals surface area contributed by atoms with Gasteiger partial charge in [0.2, 0.25) is 0 Å². The number of hydrogen-bond acceptors (Lipinski definition) is 2. The van der Waals surface area contributed by atoms with Crippen LogP contribution >= 0.6 is 0 Å². The monoisotopic (exact) mass is 280 g/mol. The van der Waals surface area contributed by atoms with Crippen LogP contribution in [0.2, 0.25) is 0 Å². The quantitative estimate of drug-likeness (QED) is 0.797. The van der Waals surface area contributed by atoms with Crippen molar-refractivity contribution in [1.82, 2.24) is 5.32 Å². The Hall–Kier alpha value is -1.62. The second-order valence-electron chi connectivity index (χ2n) is 5.72. The summed E-state index contributed by atoms with van der Waals surface area (Å²) in [5.74, 6) is 0.235. The minimum absolute atomic E-state index is 0.223. The molecule has 0 aliphatic heterocycles. The zero-order chi connectivity index (χ0) is 14.6. The van der Waals surface area contributed by atoms with E-state index in [0.717, 1.165) is 12.8 Å². The highest BCUT2D eigenvalue weighted by Crippen LogP contribution is 2.31. The third kappa shape index (κ3) is 4.20. The maximum atomic E-state index is 13.0. The van der Waals surface area contributed by atoms with Crippen LogP contribution in [0.15, 0.2) is 24.3 Å². The molecule has 1 aliphatic rings. The molecule has 1 aromatic rings. The third-order valence-corrected chi connectivity index (χ3v) is 3.87.